The summed E-state index contributed by atoms with van der Waals surface area (Å²) < 4.78 is 0. The Kier molecular flexibility index (Phi) is 5.40. The number of nitrogens with one attached hydrogen (secondary N) is 1. The number of amides is 2. The molecule has 0 aliphatic carbocycles. The molecule has 0 saturated carbocycles. The first kappa shape index (κ1) is 15.9. The van der Waals surface area contributed by atoms with Gasteiger partial charge in [-0.15, -0.1) is 6.42 Å². The fourth-order valence-electron chi connectivity index (χ4n) is 2.19. The zero-order chi connectivity index (χ0) is 15.9. The Hall–Kier alpha value is -2.51. The predicted molar refractivity (Wildman–Crippen MR) is 87.5 cm³/mol. The Bertz CT molecular complexity index is 665. The van der Waals surface area contributed by atoms with E-state index in [-0.39, 0.29) is 18.6 Å². The molecule has 1 N–H and O–H groups in total. The van der Waals surface area contributed by atoms with Gasteiger partial charge < -0.3 is 10.2 Å². The molecule has 1 unspecified atom stereocenters. The number of rotatable bonds is 4. The highest BCUT2D eigenvalue weighted by atomic mass is 35.5. The summed E-state index contributed by atoms with van der Waals surface area (Å²) in [6, 6.07) is 10.6. The summed E-state index contributed by atoms with van der Waals surface area (Å²) in [4.78, 5) is 18.0. The number of nitrogens with zero attached hydrogens (tertiary/aromatic N) is 2. The van der Waals surface area contributed by atoms with E-state index in [1.165, 1.54) is 0 Å². The summed E-state index contributed by atoms with van der Waals surface area (Å²) in [6.45, 7) is 0.184. The molecule has 0 bridgehead atoms. The van der Waals surface area contributed by atoms with Crippen LogP contribution in [0.5, 0.6) is 0 Å². The van der Waals surface area contributed by atoms with E-state index in [0.717, 1.165) is 11.1 Å². The van der Waals surface area contributed by atoms with Gasteiger partial charge in [-0.05, 0) is 29.3 Å². The van der Waals surface area contributed by atoms with Crippen LogP contribution in [0.2, 0.25) is 5.02 Å². The molecule has 0 spiro atoms. The topological polar surface area (TPSA) is 45.2 Å². The summed E-state index contributed by atoms with van der Waals surface area (Å²) in [6.07, 6.45) is 8.62. The first-order valence-electron chi connectivity index (χ1n) is 6.73. The third kappa shape index (κ3) is 3.78. The number of aromatic nitrogens is 1. The minimum atomic E-state index is -0.274. The maximum Gasteiger partial charge on any atom is 0.318 e. The number of hydrogen-bond acceptors (Lipinski definition) is 2. The first-order chi connectivity index (χ1) is 10.6. The van der Waals surface area contributed by atoms with Crippen LogP contribution in [0.1, 0.15) is 17.2 Å². The molecule has 0 aliphatic rings. The monoisotopic (exact) mass is 313 g/mol. The largest absolute Gasteiger partial charge is 0.327 e. The maximum absolute atomic E-state index is 12.2. The molecule has 2 amide bonds. The van der Waals surface area contributed by atoms with Gasteiger partial charge in [0.25, 0.3) is 0 Å². The fourth-order valence-corrected chi connectivity index (χ4v) is 2.32. The van der Waals surface area contributed by atoms with Crippen molar-refractivity contribution in [2.75, 3.05) is 13.6 Å². The highest BCUT2D eigenvalue weighted by molar-refractivity contribution is 6.30. The summed E-state index contributed by atoms with van der Waals surface area (Å²) in [7, 11) is 1.72. The van der Waals surface area contributed by atoms with Gasteiger partial charge in [0, 0.05) is 24.5 Å². The van der Waals surface area contributed by atoms with E-state index in [1.807, 2.05) is 24.3 Å². The van der Waals surface area contributed by atoms with E-state index in [1.54, 1.807) is 36.5 Å². The van der Waals surface area contributed by atoms with Gasteiger partial charge >= 0.3 is 6.03 Å². The fraction of sp³-hybridized carbons (Fsp3) is 0.176. The minimum absolute atomic E-state index is 0.184. The second-order valence-corrected chi connectivity index (χ2v) is 5.15. The van der Waals surface area contributed by atoms with Gasteiger partial charge in [-0.3, -0.25) is 4.98 Å². The molecule has 0 fully saturated rings. The van der Waals surface area contributed by atoms with Gasteiger partial charge in [-0.25, -0.2) is 4.79 Å². The van der Waals surface area contributed by atoms with Crippen molar-refractivity contribution < 1.29 is 4.79 Å². The van der Waals surface area contributed by atoms with Crippen LogP contribution < -0.4 is 5.32 Å². The second kappa shape index (κ2) is 7.48. The molecule has 0 aliphatic heterocycles. The average Bonchev–Trinajstić information content (AvgIpc) is 2.55. The predicted octanol–water partition coefficient (Wildman–Crippen LogP) is 3.10. The molecular weight excluding hydrogens is 298 g/mol. The van der Waals surface area contributed by atoms with Crippen LogP contribution in [0.3, 0.4) is 0 Å². The summed E-state index contributed by atoms with van der Waals surface area (Å²) >= 11 is 5.95. The molecule has 22 heavy (non-hydrogen) atoms. The zero-order valence-electron chi connectivity index (χ0n) is 12.2. The van der Waals surface area contributed by atoms with E-state index in [4.69, 9.17) is 18.0 Å². The molecule has 112 valence electrons. The quantitative estimate of drug-likeness (QED) is 0.882. The highest BCUT2D eigenvalue weighted by Crippen LogP contribution is 2.28. The van der Waals surface area contributed by atoms with E-state index in [9.17, 15) is 4.79 Å². The van der Waals surface area contributed by atoms with Gasteiger partial charge in [-0.2, -0.15) is 0 Å². The molecular formula is C17H16ClN3O. The lowest BCUT2D eigenvalue weighted by Crippen LogP contribution is -2.40. The van der Waals surface area contributed by atoms with Gasteiger partial charge in [0.1, 0.15) is 0 Å². The molecule has 5 heteroatoms. The lowest BCUT2D eigenvalue weighted by Gasteiger charge is -2.28. The third-order valence-corrected chi connectivity index (χ3v) is 3.49. The van der Waals surface area contributed by atoms with Crippen molar-refractivity contribution in [3.63, 3.8) is 0 Å². The number of benzene rings is 1. The normalized spacial score (nSPS) is 11.3. The Morgan fingerprint density at radius 2 is 2.09 bits per heavy atom. The molecule has 0 saturated heterocycles. The Morgan fingerprint density at radius 3 is 2.68 bits per heavy atom. The van der Waals surface area contributed by atoms with E-state index in [2.05, 4.69) is 16.2 Å². The molecule has 2 aromatic rings. The van der Waals surface area contributed by atoms with Crippen LogP contribution in [-0.2, 0) is 0 Å². The Labute approximate surface area is 135 Å². The number of terminal acetylenes is 1. The van der Waals surface area contributed by atoms with Crippen molar-refractivity contribution in [2.24, 2.45) is 0 Å². The molecule has 1 heterocycles. The molecule has 4 nitrogen and oxygen atoms in total. The Morgan fingerprint density at radius 1 is 1.36 bits per heavy atom. The van der Waals surface area contributed by atoms with Crippen LogP contribution >= 0.6 is 11.6 Å². The van der Waals surface area contributed by atoms with Crippen molar-refractivity contribution in [2.45, 2.75) is 6.04 Å². The van der Waals surface area contributed by atoms with Crippen LogP contribution in [-0.4, -0.2) is 29.5 Å². The number of pyridine rings is 1. The van der Waals surface area contributed by atoms with Gasteiger partial charge in [0.15, 0.2) is 0 Å². The van der Waals surface area contributed by atoms with E-state index in [0.29, 0.717) is 5.02 Å². The molecule has 2 rings (SSSR count). The van der Waals surface area contributed by atoms with Crippen molar-refractivity contribution in [3.05, 3.63) is 64.9 Å². The van der Waals surface area contributed by atoms with E-state index < -0.39 is 0 Å². The maximum atomic E-state index is 12.2. The van der Waals surface area contributed by atoms with Crippen molar-refractivity contribution in [1.82, 2.24) is 15.2 Å². The molecule has 0 radical (unpaired) electrons. The zero-order valence-corrected chi connectivity index (χ0v) is 12.9. The van der Waals surface area contributed by atoms with Gasteiger partial charge in [-0.1, -0.05) is 35.7 Å². The Balaban J connectivity index is 2.36. The SMILES string of the molecule is C#CCNC(=O)N(C)C(c1ccc(Cl)cc1)c1cccnc1. The minimum Gasteiger partial charge on any atom is -0.327 e. The number of hydrogen-bond donors (Lipinski definition) is 1. The van der Waals surface area contributed by atoms with Crippen LogP contribution in [0.15, 0.2) is 48.8 Å². The molecule has 1 aromatic carbocycles. The van der Waals surface area contributed by atoms with E-state index >= 15 is 0 Å². The van der Waals surface area contributed by atoms with Crippen LogP contribution in [0.25, 0.3) is 0 Å². The van der Waals surface area contributed by atoms with Gasteiger partial charge in [0.05, 0.1) is 12.6 Å². The molecule has 1 aromatic heterocycles. The summed E-state index contributed by atoms with van der Waals surface area (Å²) in [5.74, 6) is 2.39. The van der Waals surface area contributed by atoms with Crippen molar-refractivity contribution >= 4 is 17.6 Å². The van der Waals surface area contributed by atoms with Crippen molar-refractivity contribution in [3.8, 4) is 12.3 Å². The summed E-state index contributed by atoms with van der Waals surface area (Å²) in [5.41, 5.74) is 1.85. The third-order valence-electron chi connectivity index (χ3n) is 3.24. The number of urea groups is 1. The molecule has 1 atom stereocenters. The lowest BCUT2D eigenvalue weighted by molar-refractivity contribution is 0.199. The number of carbonyl (C=O) groups is 1. The average molecular weight is 314 g/mol. The van der Waals surface area contributed by atoms with Gasteiger partial charge in [0.2, 0.25) is 0 Å². The standard InChI is InChI=1S/C17H16ClN3O/c1-3-10-20-17(22)21(2)16(14-5-4-11-19-12-14)13-6-8-15(18)9-7-13/h1,4-9,11-12,16H,10H2,2H3,(H,20,22). The van der Waals surface area contributed by atoms with Crippen LogP contribution in [0.4, 0.5) is 4.79 Å². The van der Waals surface area contributed by atoms with Crippen molar-refractivity contribution in [1.29, 1.82) is 0 Å². The lowest BCUT2D eigenvalue weighted by atomic mass is 9.99. The summed E-state index contributed by atoms with van der Waals surface area (Å²) in [5, 5.41) is 3.31. The van der Waals surface area contributed by atoms with Crippen LogP contribution in [0, 0.1) is 12.3 Å². The number of carbonyl (C=O) groups excluding carboxylic acids is 1. The first-order valence-corrected chi connectivity index (χ1v) is 7.11. The second-order valence-electron chi connectivity index (χ2n) is 4.71. The highest BCUT2D eigenvalue weighted by Gasteiger charge is 2.23. The number of halogens is 1. The smallest absolute Gasteiger partial charge is 0.318 e.